The number of rotatable bonds is 8. The van der Waals surface area contributed by atoms with Crippen LogP contribution < -0.4 is 5.32 Å². The molecule has 0 aliphatic heterocycles. The molecule has 0 saturated carbocycles. The third kappa shape index (κ3) is 4.04. The number of nitrogens with one attached hydrogen (secondary N) is 1. The first-order chi connectivity index (χ1) is 7.37. The summed E-state index contributed by atoms with van der Waals surface area (Å²) < 4.78 is 0. The normalized spacial score (nSPS) is 13.5. The largest absolute Gasteiger partial charge is 0.394 e. The fraction of sp³-hybridized carbons (Fsp3) is 1.00. The van der Waals surface area contributed by atoms with Crippen molar-refractivity contribution in [1.82, 2.24) is 10.2 Å². The summed E-state index contributed by atoms with van der Waals surface area (Å²) >= 11 is 0. The average Bonchev–Trinajstić information content (AvgIpc) is 2.28. The van der Waals surface area contributed by atoms with Crippen LogP contribution in [0.1, 0.15) is 40.5 Å². The number of hydrogen-bond donors (Lipinski definition) is 2. The van der Waals surface area contributed by atoms with Crippen molar-refractivity contribution in [3.05, 3.63) is 0 Å². The molecule has 0 unspecified atom stereocenters. The van der Waals surface area contributed by atoms with E-state index in [1.54, 1.807) is 0 Å². The van der Waals surface area contributed by atoms with Crippen LogP contribution in [-0.2, 0) is 0 Å². The summed E-state index contributed by atoms with van der Waals surface area (Å²) in [7, 11) is 4.11. The van der Waals surface area contributed by atoms with Gasteiger partial charge in [0.25, 0.3) is 0 Å². The summed E-state index contributed by atoms with van der Waals surface area (Å²) in [5.74, 6) is 0. The third-order valence-corrected chi connectivity index (χ3v) is 4.04. The van der Waals surface area contributed by atoms with Gasteiger partial charge in [-0.05, 0) is 46.2 Å². The van der Waals surface area contributed by atoms with Crippen molar-refractivity contribution in [2.24, 2.45) is 5.41 Å². The highest BCUT2D eigenvalue weighted by molar-refractivity contribution is 4.87. The topological polar surface area (TPSA) is 35.5 Å². The molecule has 2 N–H and O–H groups in total. The zero-order valence-electron chi connectivity index (χ0n) is 11.9. The molecule has 0 heterocycles. The van der Waals surface area contributed by atoms with Crippen LogP contribution in [0.2, 0.25) is 0 Å². The lowest BCUT2D eigenvalue weighted by Gasteiger charge is -2.42. The van der Waals surface area contributed by atoms with Crippen molar-refractivity contribution in [2.45, 2.75) is 46.1 Å². The summed E-state index contributed by atoms with van der Waals surface area (Å²) in [6.07, 6.45) is 2.33. The molecule has 0 aromatic rings. The summed E-state index contributed by atoms with van der Waals surface area (Å²) in [6.45, 7) is 10.9. The van der Waals surface area contributed by atoms with E-state index in [1.807, 2.05) is 7.05 Å². The predicted octanol–water partition coefficient (Wildman–Crippen LogP) is 1.71. The molecule has 0 radical (unpaired) electrons. The van der Waals surface area contributed by atoms with Crippen LogP contribution in [0.3, 0.4) is 0 Å². The fourth-order valence-corrected chi connectivity index (χ4v) is 1.99. The van der Waals surface area contributed by atoms with Gasteiger partial charge in [-0.3, -0.25) is 4.90 Å². The van der Waals surface area contributed by atoms with Crippen LogP contribution in [0.25, 0.3) is 0 Å². The van der Waals surface area contributed by atoms with Crippen molar-refractivity contribution in [2.75, 3.05) is 33.8 Å². The summed E-state index contributed by atoms with van der Waals surface area (Å²) in [4.78, 5) is 2.28. The van der Waals surface area contributed by atoms with E-state index in [1.165, 1.54) is 0 Å². The molecule has 0 bridgehead atoms. The highest BCUT2D eigenvalue weighted by Gasteiger charge is 2.32. The highest BCUT2D eigenvalue weighted by Crippen LogP contribution is 2.28. The molecule has 0 fully saturated rings. The molecular formula is C13H30N2O. The van der Waals surface area contributed by atoms with E-state index in [4.69, 9.17) is 0 Å². The van der Waals surface area contributed by atoms with E-state index in [9.17, 15) is 5.11 Å². The SMILES string of the molecule is CCC(CC)(CNC)CN(C)C(C)(C)CO. The van der Waals surface area contributed by atoms with Crippen molar-refractivity contribution in [3.8, 4) is 0 Å². The molecule has 3 heteroatoms. The lowest BCUT2D eigenvalue weighted by molar-refractivity contribution is 0.0374. The Morgan fingerprint density at radius 1 is 1.19 bits per heavy atom. The van der Waals surface area contributed by atoms with E-state index in [-0.39, 0.29) is 12.1 Å². The Morgan fingerprint density at radius 2 is 1.69 bits per heavy atom. The van der Waals surface area contributed by atoms with Gasteiger partial charge in [-0.1, -0.05) is 13.8 Å². The molecule has 16 heavy (non-hydrogen) atoms. The average molecular weight is 230 g/mol. The second-order valence-corrected chi connectivity index (χ2v) is 5.56. The molecule has 3 nitrogen and oxygen atoms in total. The Bertz CT molecular complexity index is 188. The Labute approximate surface area is 101 Å². The maximum Gasteiger partial charge on any atom is 0.0609 e. The van der Waals surface area contributed by atoms with Gasteiger partial charge < -0.3 is 10.4 Å². The minimum atomic E-state index is -0.136. The Morgan fingerprint density at radius 3 is 2.00 bits per heavy atom. The van der Waals surface area contributed by atoms with Gasteiger partial charge >= 0.3 is 0 Å². The molecule has 0 aromatic heterocycles. The number of aliphatic hydroxyl groups excluding tert-OH is 1. The van der Waals surface area contributed by atoms with E-state index < -0.39 is 0 Å². The Kier molecular flexibility index (Phi) is 6.53. The molecule has 0 saturated heterocycles. The van der Waals surface area contributed by atoms with Crippen LogP contribution in [-0.4, -0.2) is 49.3 Å². The zero-order valence-corrected chi connectivity index (χ0v) is 11.9. The summed E-state index contributed by atoms with van der Waals surface area (Å²) in [5.41, 5.74) is 0.180. The minimum Gasteiger partial charge on any atom is -0.394 e. The minimum absolute atomic E-state index is 0.136. The standard InChI is InChI=1S/C13H30N2O/c1-7-13(8-2,9-14-5)10-15(6)12(3,4)11-16/h14,16H,7-11H2,1-6H3. The van der Waals surface area contributed by atoms with Gasteiger partial charge in [0.15, 0.2) is 0 Å². The molecule has 0 aliphatic carbocycles. The fourth-order valence-electron chi connectivity index (χ4n) is 1.99. The zero-order chi connectivity index (χ0) is 12.8. The molecule has 0 aliphatic rings. The summed E-state index contributed by atoms with van der Waals surface area (Å²) in [5, 5.41) is 12.7. The predicted molar refractivity (Wildman–Crippen MR) is 70.7 cm³/mol. The summed E-state index contributed by atoms with van der Waals surface area (Å²) in [6, 6.07) is 0. The molecule has 0 spiro atoms. The van der Waals surface area contributed by atoms with Crippen LogP contribution >= 0.6 is 0 Å². The molecular weight excluding hydrogens is 200 g/mol. The highest BCUT2D eigenvalue weighted by atomic mass is 16.3. The van der Waals surface area contributed by atoms with Gasteiger partial charge in [0.05, 0.1) is 6.61 Å². The van der Waals surface area contributed by atoms with Crippen LogP contribution in [0.15, 0.2) is 0 Å². The maximum absolute atomic E-state index is 9.38. The quantitative estimate of drug-likeness (QED) is 0.666. The maximum atomic E-state index is 9.38. The van der Waals surface area contributed by atoms with Gasteiger partial charge in [0.1, 0.15) is 0 Å². The van der Waals surface area contributed by atoms with Crippen molar-refractivity contribution < 1.29 is 5.11 Å². The second kappa shape index (κ2) is 6.58. The number of aliphatic hydroxyl groups is 1. The van der Waals surface area contributed by atoms with E-state index in [0.717, 1.165) is 25.9 Å². The van der Waals surface area contributed by atoms with Gasteiger partial charge in [-0.2, -0.15) is 0 Å². The first kappa shape index (κ1) is 15.9. The van der Waals surface area contributed by atoms with E-state index >= 15 is 0 Å². The van der Waals surface area contributed by atoms with Crippen molar-refractivity contribution in [3.63, 3.8) is 0 Å². The van der Waals surface area contributed by atoms with E-state index in [0.29, 0.717) is 5.41 Å². The molecule has 0 amide bonds. The lowest BCUT2D eigenvalue weighted by Crippen LogP contribution is -2.51. The lowest BCUT2D eigenvalue weighted by atomic mass is 9.80. The first-order valence-corrected chi connectivity index (χ1v) is 6.34. The number of nitrogens with zero attached hydrogens (tertiary/aromatic N) is 1. The number of likely N-dealkylation sites (N-methyl/N-ethyl adjacent to an activating group) is 1. The smallest absolute Gasteiger partial charge is 0.0609 e. The van der Waals surface area contributed by atoms with Crippen molar-refractivity contribution >= 4 is 0 Å². The Balaban J connectivity index is 4.62. The molecule has 0 rings (SSSR count). The second-order valence-electron chi connectivity index (χ2n) is 5.56. The van der Waals surface area contributed by atoms with Gasteiger partial charge in [-0.15, -0.1) is 0 Å². The monoisotopic (exact) mass is 230 g/mol. The van der Waals surface area contributed by atoms with Crippen molar-refractivity contribution in [1.29, 1.82) is 0 Å². The Hall–Kier alpha value is -0.120. The first-order valence-electron chi connectivity index (χ1n) is 6.34. The van der Waals surface area contributed by atoms with Crippen LogP contribution in [0, 0.1) is 5.41 Å². The van der Waals surface area contributed by atoms with Gasteiger partial charge in [-0.25, -0.2) is 0 Å². The number of hydrogen-bond acceptors (Lipinski definition) is 3. The van der Waals surface area contributed by atoms with Gasteiger partial charge in [0.2, 0.25) is 0 Å². The third-order valence-electron chi connectivity index (χ3n) is 4.04. The van der Waals surface area contributed by atoms with Crippen LogP contribution in [0.4, 0.5) is 0 Å². The molecule has 98 valence electrons. The molecule has 0 atom stereocenters. The van der Waals surface area contributed by atoms with Crippen LogP contribution in [0.5, 0.6) is 0 Å². The van der Waals surface area contributed by atoms with Gasteiger partial charge in [0, 0.05) is 18.6 Å². The van der Waals surface area contributed by atoms with E-state index in [2.05, 4.69) is 45.0 Å². The molecule has 0 aromatic carbocycles.